The molecule has 1 aromatic carbocycles. The molecule has 1 amide bonds. The Bertz CT molecular complexity index is 612. The minimum atomic E-state index is -3.57. The molecule has 1 atom stereocenters. The molecular formula is C16H26N2O3S. The van der Waals surface area contributed by atoms with Gasteiger partial charge in [-0.3, -0.25) is 4.79 Å². The molecule has 0 spiro atoms. The number of nitrogens with zero attached hydrogens (tertiary/aromatic N) is 1. The van der Waals surface area contributed by atoms with Crippen LogP contribution in [0.25, 0.3) is 0 Å². The van der Waals surface area contributed by atoms with Gasteiger partial charge in [-0.05, 0) is 37.9 Å². The van der Waals surface area contributed by atoms with Crippen LogP contribution in [0.3, 0.4) is 0 Å². The molecule has 0 radical (unpaired) electrons. The van der Waals surface area contributed by atoms with E-state index < -0.39 is 15.8 Å². The van der Waals surface area contributed by atoms with E-state index in [9.17, 15) is 13.2 Å². The number of hydrogen-bond acceptors (Lipinski definition) is 3. The molecule has 5 nitrogen and oxygen atoms in total. The highest BCUT2D eigenvalue weighted by atomic mass is 32.2. The first-order valence-electron chi connectivity index (χ1n) is 7.44. The van der Waals surface area contributed by atoms with Crippen molar-refractivity contribution in [1.29, 1.82) is 0 Å². The Hall–Kier alpha value is -1.40. The van der Waals surface area contributed by atoms with Crippen LogP contribution in [0.5, 0.6) is 0 Å². The topological polar surface area (TPSA) is 66.5 Å². The summed E-state index contributed by atoms with van der Waals surface area (Å²) in [5.74, 6) is -0.640. The van der Waals surface area contributed by atoms with Gasteiger partial charge in [0.1, 0.15) is 5.75 Å². The first kappa shape index (κ1) is 18.6. The number of benzene rings is 1. The van der Waals surface area contributed by atoms with Crippen LogP contribution in [-0.4, -0.2) is 38.6 Å². The molecule has 0 aliphatic heterocycles. The summed E-state index contributed by atoms with van der Waals surface area (Å²) in [7, 11) is -2.25. The van der Waals surface area contributed by atoms with Gasteiger partial charge in [0.25, 0.3) is 0 Å². The van der Waals surface area contributed by atoms with Gasteiger partial charge in [0, 0.05) is 6.54 Å². The molecule has 0 aromatic heterocycles. The molecule has 6 heteroatoms. The maximum Gasteiger partial charge on any atom is 0.239 e. The Morgan fingerprint density at radius 1 is 1.23 bits per heavy atom. The molecule has 0 fully saturated rings. The monoisotopic (exact) mass is 326 g/mol. The Balaban J connectivity index is 3.07. The largest absolute Gasteiger partial charge is 0.335 e. The molecule has 1 aromatic rings. The highest BCUT2D eigenvalue weighted by Crippen LogP contribution is 2.24. The molecule has 1 unspecified atom stereocenters. The van der Waals surface area contributed by atoms with Crippen molar-refractivity contribution >= 4 is 15.9 Å². The molecule has 0 aliphatic carbocycles. The molecule has 1 rings (SSSR count). The van der Waals surface area contributed by atoms with Crippen LogP contribution in [0.4, 0.5) is 0 Å². The fraction of sp³-hybridized carbons (Fsp3) is 0.562. The van der Waals surface area contributed by atoms with Gasteiger partial charge in [0.15, 0.2) is 0 Å². The van der Waals surface area contributed by atoms with E-state index in [-0.39, 0.29) is 17.9 Å². The van der Waals surface area contributed by atoms with Gasteiger partial charge in [-0.15, -0.1) is 0 Å². The number of carbonyl (C=O) groups is 1. The third-order valence-corrected chi connectivity index (χ3v) is 4.86. The third kappa shape index (κ3) is 5.10. The fourth-order valence-electron chi connectivity index (χ4n) is 2.41. The summed E-state index contributed by atoms with van der Waals surface area (Å²) in [5, 5.41) is 0. The summed E-state index contributed by atoms with van der Waals surface area (Å²) in [5.41, 5.74) is 2.13. The van der Waals surface area contributed by atoms with Crippen molar-refractivity contribution in [3.05, 3.63) is 35.4 Å². The number of nitrogens with one attached hydrogen (secondary N) is 1. The molecule has 22 heavy (non-hydrogen) atoms. The van der Waals surface area contributed by atoms with E-state index in [1.807, 2.05) is 52.0 Å². The molecule has 0 saturated heterocycles. The van der Waals surface area contributed by atoms with Crippen LogP contribution >= 0.6 is 0 Å². The molecule has 124 valence electrons. The Kier molecular flexibility index (Phi) is 6.56. The highest BCUT2D eigenvalue weighted by molar-refractivity contribution is 7.90. The zero-order valence-electron chi connectivity index (χ0n) is 14.0. The van der Waals surface area contributed by atoms with E-state index in [0.717, 1.165) is 11.1 Å². The number of amides is 1. The van der Waals surface area contributed by atoms with E-state index >= 15 is 0 Å². The van der Waals surface area contributed by atoms with Crippen molar-refractivity contribution < 1.29 is 13.2 Å². The van der Waals surface area contributed by atoms with Crippen LogP contribution in [0.1, 0.15) is 37.9 Å². The molecule has 0 aliphatic rings. The summed E-state index contributed by atoms with van der Waals surface area (Å²) >= 11 is 0. The fourth-order valence-corrected chi connectivity index (χ4v) is 3.05. The minimum absolute atomic E-state index is 0.164. The van der Waals surface area contributed by atoms with E-state index in [2.05, 4.69) is 4.72 Å². The van der Waals surface area contributed by atoms with Crippen LogP contribution in [0, 0.1) is 12.8 Å². The maximum absolute atomic E-state index is 12.5. The second-order valence-electron chi connectivity index (χ2n) is 5.94. The second-order valence-corrected chi connectivity index (χ2v) is 7.86. The molecular weight excluding hydrogens is 300 g/mol. The predicted octanol–water partition coefficient (Wildman–Crippen LogP) is 2.09. The zero-order chi connectivity index (χ0) is 16.9. The van der Waals surface area contributed by atoms with E-state index in [4.69, 9.17) is 0 Å². The van der Waals surface area contributed by atoms with Crippen molar-refractivity contribution in [2.45, 2.75) is 33.7 Å². The van der Waals surface area contributed by atoms with Gasteiger partial charge < -0.3 is 4.90 Å². The third-order valence-electron chi connectivity index (χ3n) is 3.61. The number of hydrogen-bond donors (Lipinski definition) is 1. The van der Waals surface area contributed by atoms with Crippen LogP contribution in [-0.2, 0) is 14.8 Å². The quantitative estimate of drug-likeness (QED) is 0.834. The Morgan fingerprint density at radius 2 is 1.82 bits per heavy atom. The standard InChI is InChI=1S/C16H26N2O3S/c1-12(2)10-18(16(19)11-22(20,21)17-5)14(4)15-9-7-6-8-13(15)3/h6-9,12,14,17H,10-11H2,1-5H3. The van der Waals surface area contributed by atoms with Gasteiger partial charge in [-0.25, -0.2) is 13.1 Å². The lowest BCUT2D eigenvalue weighted by Crippen LogP contribution is -2.42. The van der Waals surface area contributed by atoms with Crippen molar-refractivity contribution in [3.8, 4) is 0 Å². The summed E-state index contributed by atoms with van der Waals surface area (Å²) in [4.78, 5) is 14.1. The number of aryl methyl sites for hydroxylation is 1. The Labute approximate surface area is 133 Å². The second kappa shape index (κ2) is 7.74. The van der Waals surface area contributed by atoms with Gasteiger partial charge in [-0.2, -0.15) is 0 Å². The van der Waals surface area contributed by atoms with Crippen LogP contribution in [0.2, 0.25) is 0 Å². The van der Waals surface area contributed by atoms with E-state index in [1.165, 1.54) is 7.05 Å². The molecule has 0 saturated carbocycles. The average molecular weight is 326 g/mol. The van der Waals surface area contributed by atoms with Gasteiger partial charge in [-0.1, -0.05) is 38.1 Å². The zero-order valence-corrected chi connectivity index (χ0v) is 14.8. The van der Waals surface area contributed by atoms with E-state index in [0.29, 0.717) is 6.54 Å². The van der Waals surface area contributed by atoms with Crippen molar-refractivity contribution in [2.24, 2.45) is 5.92 Å². The minimum Gasteiger partial charge on any atom is -0.335 e. The van der Waals surface area contributed by atoms with Crippen LogP contribution in [0.15, 0.2) is 24.3 Å². The van der Waals surface area contributed by atoms with Crippen molar-refractivity contribution in [2.75, 3.05) is 19.3 Å². The maximum atomic E-state index is 12.5. The van der Waals surface area contributed by atoms with Gasteiger partial charge in [0.05, 0.1) is 6.04 Å². The summed E-state index contributed by atoms with van der Waals surface area (Å²) in [6, 6.07) is 7.69. The number of rotatable bonds is 7. The summed E-state index contributed by atoms with van der Waals surface area (Å²) in [6.45, 7) is 8.48. The highest BCUT2D eigenvalue weighted by Gasteiger charge is 2.26. The average Bonchev–Trinajstić information content (AvgIpc) is 2.44. The molecule has 1 N–H and O–H groups in total. The summed E-state index contributed by atoms with van der Waals surface area (Å²) < 4.78 is 25.5. The predicted molar refractivity (Wildman–Crippen MR) is 89.0 cm³/mol. The molecule has 0 heterocycles. The normalized spacial score (nSPS) is 13.2. The lowest BCUT2D eigenvalue weighted by molar-refractivity contribution is -0.131. The van der Waals surface area contributed by atoms with Gasteiger partial charge in [0.2, 0.25) is 15.9 Å². The van der Waals surface area contributed by atoms with Crippen molar-refractivity contribution in [1.82, 2.24) is 9.62 Å². The van der Waals surface area contributed by atoms with Crippen LogP contribution < -0.4 is 4.72 Å². The number of carbonyl (C=O) groups excluding carboxylic acids is 1. The lowest BCUT2D eigenvalue weighted by Gasteiger charge is -2.32. The SMILES string of the molecule is CNS(=O)(=O)CC(=O)N(CC(C)C)C(C)c1ccccc1C. The summed E-state index contributed by atoms with van der Waals surface area (Å²) in [6.07, 6.45) is 0. The smallest absolute Gasteiger partial charge is 0.239 e. The Morgan fingerprint density at radius 3 is 2.32 bits per heavy atom. The van der Waals surface area contributed by atoms with Gasteiger partial charge >= 0.3 is 0 Å². The van der Waals surface area contributed by atoms with Crippen molar-refractivity contribution in [3.63, 3.8) is 0 Å². The van der Waals surface area contributed by atoms with E-state index in [1.54, 1.807) is 4.90 Å². The first-order valence-corrected chi connectivity index (χ1v) is 9.09. The lowest BCUT2D eigenvalue weighted by atomic mass is 10.0. The first-order chi connectivity index (χ1) is 10.2. The number of sulfonamides is 1. The molecule has 0 bridgehead atoms.